The molecule has 2 heterocycles. The molecule has 210 valence electrons. The second kappa shape index (κ2) is 10.2. The molecule has 9 rings (SSSR count). The summed E-state index contributed by atoms with van der Waals surface area (Å²) in [6, 6.07) is 52.3. The Hall–Kier alpha value is -6.13. The Morgan fingerprint density at radius 2 is 0.933 bits per heavy atom. The van der Waals surface area contributed by atoms with E-state index in [2.05, 4.69) is 91.0 Å². The van der Waals surface area contributed by atoms with Crippen LogP contribution in [0.15, 0.2) is 152 Å². The van der Waals surface area contributed by atoms with Gasteiger partial charge in [0.15, 0.2) is 17.5 Å². The van der Waals surface area contributed by atoms with Gasteiger partial charge < -0.3 is 4.74 Å². The molecule has 0 spiro atoms. The van der Waals surface area contributed by atoms with Crippen molar-refractivity contribution in [3.05, 3.63) is 152 Å². The Balaban J connectivity index is 1.20. The predicted molar refractivity (Wildman–Crippen MR) is 182 cm³/mol. The standard InChI is InChI=1S/C41H25N3O/c1-3-9-26(10-4-1)30-19-17-27-18-20-31(24-33(27)23-30)40-42-39(29-11-5-2-6-12-29)43-41(44-40)32-21-22-36-35(25-32)34-15-7-13-28-14-8-16-37(45-36)38(28)34/h1-25H. The number of fused-ring (bicyclic) bond motifs is 3. The third-order valence-corrected chi connectivity index (χ3v) is 8.49. The Labute approximate surface area is 260 Å². The fourth-order valence-corrected chi connectivity index (χ4v) is 6.25. The fourth-order valence-electron chi connectivity index (χ4n) is 6.25. The van der Waals surface area contributed by atoms with Crippen molar-refractivity contribution in [1.82, 2.24) is 15.0 Å². The van der Waals surface area contributed by atoms with E-state index in [1.54, 1.807) is 0 Å². The molecule has 1 aliphatic rings. The van der Waals surface area contributed by atoms with Gasteiger partial charge in [-0.15, -0.1) is 0 Å². The van der Waals surface area contributed by atoms with E-state index in [4.69, 9.17) is 19.7 Å². The van der Waals surface area contributed by atoms with Gasteiger partial charge >= 0.3 is 0 Å². The van der Waals surface area contributed by atoms with Crippen molar-refractivity contribution in [3.8, 4) is 67.9 Å². The molecule has 0 radical (unpaired) electrons. The van der Waals surface area contributed by atoms with Gasteiger partial charge in [0.25, 0.3) is 0 Å². The summed E-state index contributed by atoms with van der Waals surface area (Å²) < 4.78 is 6.36. The van der Waals surface area contributed by atoms with Gasteiger partial charge in [0.2, 0.25) is 0 Å². The maximum Gasteiger partial charge on any atom is 0.164 e. The average molecular weight is 576 g/mol. The van der Waals surface area contributed by atoms with Crippen LogP contribution in [0.25, 0.3) is 78.0 Å². The van der Waals surface area contributed by atoms with E-state index >= 15 is 0 Å². The van der Waals surface area contributed by atoms with Gasteiger partial charge in [0.05, 0.1) is 0 Å². The average Bonchev–Trinajstić information content (AvgIpc) is 3.12. The van der Waals surface area contributed by atoms with Crippen LogP contribution in [-0.4, -0.2) is 15.0 Å². The first-order valence-corrected chi connectivity index (χ1v) is 15.0. The lowest BCUT2D eigenvalue weighted by atomic mass is 9.93. The molecule has 1 aromatic heterocycles. The van der Waals surface area contributed by atoms with E-state index in [9.17, 15) is 0 Å². The van der Waals surface area contributed by atoms with Crippen LogP contribution in [-0.2, 0) is 0 Å². The van der Waals surface area contributed by atoms with Crippen molar-refractivity contribution in [2.24, 2.45) is 0 Å². The van der Waals surface area contributed by atoms with Crippen LogP contribution in [0.4, 0.5) is 0 Å². The summed E-state index contributed by atoms with van der Waals surface area (Å²) in [5.41, 5.74) is 7.32. The SMILES string of the molecule is c1ccc(-c2ccc3ccc(-c4nc(-c5ccccc5)nc(-c5ccc6c(c5)-c5cccc7cccc(c57)O6)n4)cc3c2)cc1. The molecule has 0 N–H and O–H groups in total. The quantitative estimate of drug-likeness (QED) is 0.209. The first kappa shape index (κ1) is 25.4. The number of ether oxygens (including phenoxy) is 1. The van der Waals surface area contributed by atoms with Crippen molar-refractivity contribution in [2.45, 2.75) is 0 Å². The van der Waals surface area contributed by atoms with E-state index in [0.717, 1.165) is 55.5 Å². The topological polar surface area (TPSA) is 47.9 Å². The largest absolute Gasteiger partial charge is 0.456 e. The predicted octanol–water partition coefficient (Wildman–Crippen LogP) is 10.6. The highest BCUT2D eigenvalue weighted by atomic mass is 16.5. The van der Waals surface area contributed by atoms with Crippen LogP contribution in [0.5, 0.6) is 11.5 Å². The highest BCUT2D eigenvalue weighted by Gasteiger charge is 2.21. The molecule has 8 aromatic rings. The van der Waals surface area contributed by atoms with E-state index in [1.165, 1.54) is 16.5 Å². The highest BCUT2D eigenvalue weighted by Crippen LogP contribution is 2.47. The minimum atomic E-state index is 0.616. The van der Waals surface area contributed by atoms with Crippen LogP contribution >= 0.6 is 0 Å². The van der Waals surface area contributed by atoms with Crippen molar-refractivity contribution in [1.29, 1.82) is 0 Å². The third kappa shape index (κ3) is 4.43. The molecule has 0 amide bonds. The van der Waals surface area contributed by atoms with Crippen molar-refractivity contribution in [3.63, 3.8) is 0 Å². The van der Waals surface area contributed by atoms with Crippen LogP contribution in [0, 0.1) is 0 Å². The normalized spacial score (nSPS) is 11.7. The summed E-state index contributed by atoms with van der Waals surface area (Å²) in [4.78, 5) is 15.0. The maximum atomic E-state index is 6.36. The molecule has 45 heavy (non-hydrogen) atoms. The molecule has 0 saturated heterocycles. The van der Waals surface area contributed by atoms with Gasteiger partial charge in [0, 0.05) is 27.6 Å². The van der Waals surface area contributed by atoms with Crippen molar-refractivity contribution < 1.29 is 4.74 Å². The lowest BCUT2D eigenvalue weighted by Crippen LogP contribution is -2.01. The molecule has 4 nitrogen and oxygen atoms in total. The zero-order valence-corrected chi connectivity index (χ0v) is 24.2. The van der Waals surface area contributed by atoms with Gasteiger partial charge in [-0.1, -0.05) is 115 Å². The van der Waals surface area contributed by atoms with E-state index in [-0.39, 0.29) is 0 Å². The fraction of sp³-hybridized carbons (Fsp3) is 0. The number of aromatic nitrogens is 3. The molecule has 0 aliphatic carbocycles. The lowest BCUT2D eigenvalue weighted by Gasteiger charge is -2.21. The Kier molecular flexibility index (Phi) is 5.78. The van der Waals surface area contributed by atoms with Crippen molar-refractivity contribution in [2.75, 3.05) is 0 Å². The number of benzene rings is 7. The number of hydrogen-bond acceptors (Lipinski definition) is 4. The van der Waals surface area contributed by atoms with Gasteiger partial charge in [-0.05, 0) is 69.2 Å². The second-order valence-corrected chi connectivity index (χ2v) is 11.3. The molecule has 0 bridgehead atoms. The van der Waals surface area contributed by atoms with Gasteiger partial charge in [-0.3, -0.25) is 0 Å². The molecule has 0 fully saturated rings. The molecule has 7 aromatic carbocycles. The molecular formula is C41H25N3O. The minimum absolute atomic E-state index is 0.616. The molecular weight excluding hydrogens is 550 g/mol. The third-order valence-electron chi connectivity index (χ3n) is 8.49. The summed E-state index contributed by atoms with van der Waals surface area (Å²) >= 11 is 0. The second-order valence-electron chi connectivity index (χ2n) is 11.3. The Morgan fingerprint density at radius 1 is 0.333 bits per heavy atom. The zero-order chi connectivity index (χ0) is 29.7. The summed E-state index contributed by atoms with van der Waals surface area (Å²) in [6.07, 6.45) is 0. The summed E-state index contributed by atoms with van der Waals surface area (Å²) in [5, 5.41) is 4.58. The summed E-state index contributed by atoms with van der Waals surface area (Å²) in [7, 11) is 0. The number of hydrogen-bond donors (Lipinski definition) is 0. The van der Waals surface area contributed by atoms with Crippen molar-refractivity contribution >= 4 is 21.5 Å². The summed E-state index contributed by atoms with van der Waals surface area (Å²) in [5.74, 6) is 3.59. The van der Waals surface area contributed by atoms with Crippen LogP contribution in [0.2, 0.25) is 0 Å². The first-order valence-electron chi connectivity index (χ1n) is 15.0. The van der Waals surface area contributed by atoms with Crippen LogP contribution in [0.3, 0.4) is 0 Å². The zero-order valence-electron chi connectivity index (χ0n) is 24.2. The summed E-state index contributed by atoms with van der Waals surface area (Å²) in [6.45, 7) is 0. The highest BCUT2D eigenvalue weighted by molar-refractivity contribution is 6.04. The Bertz CT molecular complexity index is 2400. The molecule has 0 saturated carbocycles. The molecule has 0 unspecified atom stereocenters. The van der Waals surface area contributed by atoms with E-state index in [0.29, 0.717) is 17.5 Å². The van der Waals surface area contributed by atoms with E-state index < -0.39 is 0 Å². The minimum Gasteiger partial charge on any atom is -0.456 e. The van der Waals surface area contributed by atoms with E-state index in [1.807, 2.05) is 60.7 Å². The molecule has 4 heteroatoms. The van der Waals surface area contributed by atoms with Gasteiger partial charge in [-0.25, -0.2) is 15.0 Å². The smallest absolute Gasteiger partial charge is 0.164 e. The first-order chi connectivity index (χ1) is 22.3. The molecule has 0 atom stereocenters. The van der Waals surface area contributed by atoms with Crippen LogP contribution < -0.4 is 4.74 Å². The van der Waals surface area contributed by atoms with Crippen LogP contribution in [0.1, 0.15) is 0 Å². The maximum absolute atomic E-state index is 6.36. The lowest BCUT2D eigenvalue weighted by molar-refractivity contribution is 0.487. The Morgan fingerprint density at radius 3 is 1.69 bits per heavy atom. The van der Waals surface area contributed by atoms with Gasteiger partial charge in [0.1, 0.15) is 11.5 Å². The molecule has 1 aliphatic heterocycles. The van der Waals surface area contributed by atoms with Gasteiger partial charge in [-0.2, -0.15) is 0 Å². The number of nitrogens with zero attached hydrogens (tertiary/aromatic N) is 3. The monoisotopic (exact) mass is 575 g/mol. The number of rotatable bonds is 4.